The number of aromatic nitrogens is 16. The van der Waals surface area contributed by atoms with Crippen LogP contribution in [0, 0.1) is 27.7 Å². The monoisotopic (exact) mass is 1490 g/mol. The number of hydrogen-bond donors (Lipinski definition) is 2. The van der Waals surface area contributed by atoms with Crippen molar-refractivity contribution in [2.45, 2.75) is 265 Å². The SMILES string of the molecule is CC(C)N1CCN(C)CC1.CC(C)N1CCOCC1.CC(C)c1cccnc1.CC(C)c1ccn[nH]1.CC(C)c1ccncc1.CC(C)c1cn[nH]c1.CC(C)c1cnn(C)c1.CC(C)n1cccn1.Cc1cc(C(C)C)ccn1.Cc1ccc(C(C)C)cn1.Cc1cn(C(C)C)cn1.Cc1cnn(C(C)C)c1. The average molecular weight is 1490 g/mol. The number of hydrogen-bond acceptors (Lipinski definition) is 14. The smallest absolute Gasteiger partial charge is 0.0951 e. The highest BCUT2D eigenvalue weighted by atomic mass is 16.5. The van der Waals surface area contributed by atoms with E-state index in [9.17, 15) is 0 Å². The molecule has 600 valence electrons. The van der Waals surface area contributed by atoms with Gasteiger partial charge in [0.05, 0.1) is 43.8 Å². The van der Waals surface area contributed by atoms with E-state index in [0.29, 0.717) is 65.6 Å². The number of likely N-dealkylation sites (N-methyl/N-ethyl adjacent to an activating group) is 1. The normalized spacial score (nSPS) is 12.7. The minimum absolute atomic E-state index is 0.485. The minimum atomic E-state index is 0.485. The van der Waals surface area contributed by atoms with E-state index in [-0.39, 0.29) is 0 Å². The Hall–Kier alpha value is -8.30. The third-order valence-corrected chi connectivity index (χ3v) is 17.3. The molecule has 0 radical (unpaired) electrons. The number of H-pyrrole nitrogens is 2. The molecule has 10 aromatic heterocycles. The third kappa shape index (κ3) is 45.5. The minimum Gasteiger partial charge on any atom is -0.379 e. The lowest BCUT2D eigenvalue weighted by Crippen LogP contribution is -2.47. The Balaban J connectivity index is 0.000000589. The van der Waals surface area contributed by atoms with Crippen molar-refractivity contribution in [2.75, 3.05) is 59.5 Å². The summed E-state index contributed by atoms with van der Waals surface area (Å²) in [7, 11) is 4.13. The third-order valence-electron chi connectivity index (χ3n) is 17.3. The van der Waals surface area contributed by atoms with E-state index in [1.165, 1.54) is 70.8 Å². The Labute approximate surface area is 655 Å². The van der Waals surface area contributed by atoms with Crippen molar-refractivity contribution in [3.63, 3.8) is 0 Å². The van der Waals surface area contributed by atoms with Crippen molar-refractivity contribution >= 4 is 0 Å². The molecule has 12 rings (SSSR count). The van der Waals surface area contributed by atoms with Gasteiger partial charge in [-0.15, -0.1) is 0 Å². The molecule has 2 fully saturated rings. The van der Waals surface area contributed by atoms with Crippen molar-refractivity contribution in [2.24, 2.45) is 7.05 Å². The highest BCUT2D eigenvalue weighted by Gasteiger charge is 2.16. The predicted octanol–water partition coefficient (Wildman–Crippen LogP) is 20.4. The van der Waals surface area contributed by atoms with Gasteiger partial charge in [0.1, 0.15) is 0 Å². The largest absolute Gasteiger partial charge is 0.379 e. The molecule has 108 heavy (non-hydrogen) atoms. The van der Waals surface area contributed by atoms with Crippen molar-refractivity contribution in [3.05, 3.63) is 228 Å². The van der Waals surface area contributed by atoms with Crippen molar-refractivity contribution in [3.8, 4) is 0 Å². The summed E-state index contributed by atoms with van der Waals surface area (Å²) in [6, 6.07) is 23.4. The van der Waals surface area contributed by atoms with Crippen LogP contribution < -0.4 is 0 Å². The zero-order chi connectivity index (χ0) is 81.3. The van der Waals surface area contributed by atoms with Gasteiger partial charge in [-0.2, -0.15) is 25.5 Å². The highest BCUT2D eigenvalue weighted by molar-refractivity contribution is 5.19. The van der Waals surface area contributed by atoms with Gasteiger partial charge in [-0.1, -0.05) is 109 Å². The zero-order valence-electron chi connectivity index (χ0n) is 72.7. The lowest BCUT2D eigenvalue weighted by molar-refractivity contribution is 0.0238. The van der Waals surface area contributed by atoms with Gasteiger partial charge in [0.25, 0.3) is 0 Å². The van der Waals surface area contributed by atoms with Gasteiger partial charge in [0, 0.05) is 174 Å². The number of aryl methyl sites for hydroxylation is 5. The Bertz CT molecular complexity index is 3390. The van der Waals surface area contributed by atoms with Gasteiger partial charge in [-0.05, 0) is 233 Å². The number of nitrogens with one attached hydrogen (secondary N) is 2. The second kappa shape index (κ2) is 56.0. The first-order valence-electron chi connectivity index (χ1n) is 39.4. The Kier molecular flexibility index (Phi) is 50.7. The summed E-state index contributed by atoms with van der Waals surface area (Å²) >= 11 is 0. The average Bonchev–Trinajstić information content (AvgIpc) is 1.60. The topological polar surface area (TPSA) is 199 Å². The molecule has 0 bridgehead atoms. The van der Waals surface area contributed by atoms with Crippen molar-refractivity contribution < 1.29 is 4.74 Å². The van der Waals surface area contributed by atoms with Crippen LogP contribution in [-0.4, -0.2) is 166 Å². The number of morpholine rings is 1. The molecule has 0 saturated carbocycles. The predicted molar refractivity (Wildman–Crippen MR) is 454 cm³/mol. The molecule has 2 aliphatic rings. The van der Waals surface area contributed by atoms with E-state index in [2.05, 4.69) is 283 Å². The van der Waals surface area contributed by atoms with Crippen LogP contribution in [0.3, 0.4) is 0 Å². The van der Waals surface area contributed by atoms with Crippen LogP contribution in [-0.2, 0) is 11.8 Å². The first kappa shape index (κ1) is 97.7. The molecule has 2 aliphatic heterocycles. The number of pyridine rings is 4. The highest BCUT2D eigenvalue weighted by Crippen LogP contribution is 2.17. The summed E-state index contributed by atoms with van der Waals surface area (Å²) in [5, 5.41) is 25.5. The molecule has 0 amide bonds. The molecule has 10 aromatic rings. The maximum atomic E-state index is 5.21. The second-order valence-corrected chi connectivity index (χ2v) is 31.0. The first-order valence-corrected chi connectivity index (χ1v) is 39.4. The summed E-state index contributed by atoms with van der Waals surface area (Å²) in [6.45, 7) is 69.1. The van der Waals surface area contributed by atoms with Crippen LogP contribution in [0.5, 0.6) is 0 Å². The van der Waals surface area contributed by atoms with E-state index in [4.69, 9.17) is 4.74 Å². The summed E-state index contributed by atoms with van der Waals surface area (Å²) in [5.41, 5.74) is 13.6. The van der Waals surface area contributed by atoms with E-state index in [0.717, 1.165) is 49.4 Å². The van der Waals surface area contributed by atoms with Crippen LogP contribution in [0.4, 0.5) is 0 Å². The number of imidazole rings is 1. The molecule has 0 aliphatic carbocycles. The van der Waals surface area contributed by atoms with Crippen LogP contribution in [0.25, 0.3) is 0 Å². The van der Waals surface area contributed by atoms with E-state index in [1.54, 1.807) is 18.6 Å². The molecule has 2 N–H and O–H groups in total. The maximum absolute atomic E-state index is 5.21. The Morgan fingerprint density at radius 2 is 0.954 bits per heavy atom. The van der Waals surface area contributed by atoms with Crippen LogP contribution in [0.2, 0.25) is 0 Å². The van der Waals surface area contributed by atoms with Gasteiger partial charge in [0.2, 0.25) is 0 Å². The standard InChI is InChI=1S/2C9H13N.C8H18N2.2C8H11N.3C7H12N2.C7H15NO.3C6H10N2/c1-7(2)9-4-5-10-8(3)6-9;1-7(2)9-5-4-8(3)10-6-9;1-8(2)10-6-4-9(3)5-7-10;1-7(2)8-3-5-9-6-4-8;1-7(2)8-4-3-5-9-6-8;1-6(2)7-4-8-9(3)5-7;1-6(2)9-4-7(3)8-5-9;1-6(2)9-5-7(3)4-8-9;1-7(2)8-3-5-9-6-4-8;1-5(2)6-3-7-8-4-6;1-6(2)8-5-3-4-7-8;1-5(2)6-3-4-7-8-6/h2*4-7H,1-3H3;8H,4-7H2,1-3H3;2*3-7H,1-2H3;3*4-6H,1-3H3;7H,3-6H2,1-2H3;3-5H,1-2H3,(H,7,8);3-6H,1-2H3;3-5H,1-2H3,(H,7,8). The maximum Gasteiger partial charge on any atom is 0.0951 e. The molecule has 20 heteroatoms. The van der Waals surface area contributed by atoms with Crippen LogP contribution in [0.1, 0.15) is 287 Å². The Morgan fingerprint density at radius 1 is 0.380 bits per heavy atom. The number of ether oxygens (including phenoxy) is 1. The molecular weight excluding hydrogens is 1340 g/mol. The summed E-state index contributed by atoms with van der Waals surface area (Å²) in [6.07, 6.45) is 32.3. The molecule has 12 heterocycles. The molecule has 2 saturated heterocycles. The fourth-order valence-electron chi connectivity index (χ4n) is 9.57. The fraction of sp³-hybridized carbons (Fsp3) is 0.568. The fourth-order valence-corrected chi connectivity index (χ4v) is 9.57. The van der Waals surface area contributed by atoms with Crippen LogP contribution >= 0.6 is 0 Å². The zero-order valence-corrected chi connectivity index (χ0v) is 72.7. The quantitative estimate of drug-likeness (QED) is 0.117. The van der Waals surface area contributed by atoms with Gasteiger partial charge >= 0.3 is 0 Å². The molecular formula is C88H147N19O. The second-order valence-electron chi connectivity index (χ2n) is 31.0. The van der Waals surface area contributed by atoms with Crippen LogP contribution in [0.15, 0.2) is 166 Å². The van der Waals surface area contributed by atoms with Gasteiger partial charge in [0.15, 0.2) is 0 Å². The number of nitrogens with zero attached hydrogens (tertiary/aromatic N) is 17. The molecule has 0 unspecified atom stereocenters. The first-order chi connectivity index (χ1) is 51.0. The van der Waals surface area contributed by atoms with Crippen molar-refractivity contribution in [1.29, 1.82) is 0 Å². The number of aromatic amines is 2. The van der Waals surface area contributed by atoms with Gasteiger partial charge in [-0.25, -0.2) is 4.98 Å². The van der Waals surface area contributed by atoms with E-state index < -0.39 is 0 Å². The summed E-state index contributed by atoms with van der Waals surface area (Å²) in [4.78, 5) is 27.7. The lowest BCUT2D eigenvalue weighted by atomic mass is 10.0. The summed E-state index contributed by atoms with van der Waals surface area (Å²) in [5.74, 6) is 4.17. The van der Waals surface area contributed by atoms with Gasteiger partial charge < -0.3 is 14.2 Å². The Morgan fingerprint density at radius 3 is 1.26 bits per heavy atom. The lowest BCUT2D eigenvalue weighted by Gasteiger charge is -2.34. The summed E-state index contributed by atoms with van der Waals surface area (Å²) < 4.78 is 13.0. The van der Waals surface area contributed by atoms with E-state index in [1.807, 2.05) is 166 Å². The number of rotatable bonds is 12. The molecule has 20 nitrogen and oxygen atoms in total. The number of piperazine rings is 1. The van der Waals surface area contributed by atoms with E-state index >= 15 is 0 Å². The van der Waals surface area contributed by atoms with Crippen molar-refractivity contribution in [1.82, 2.24) is 93.9 Å². The molecule has 0 aromatic carbocycles. The molecule has 0 spiro atoms. The molecule has 0 atom stereocenters. The van der Waals surface area contributed by atoms with Gasteiger partial charge in [-0.3, -0.25) is 54.0 Å².